The van der Waals surface area contributed by atoms with E-state index in [9.17, 15) is 13.2 Å². The Balaban J connectivity index is 2.24. The first kappa shape index (κ1) is 18.3. The minimum absolute atomic E-state index is 0.0689. The molecule has 0 heterocycles. The summed E-state index contributed by atoms with van der Waals surface area (Å²) in [5.74, 6) is -0.771. The number of aliphatic carboxylic acids is 1. The Kier molecular flexibility index (Phi) is 5.51. The molecule has 0 fully saturated rings. The summed E-state index contributed by atoms with van der Waals surface area (Å²) in [6, 6.07) is 9.41. The fourth-order valence-corrected chi connectivity index (χ4v) is 3.47. The van der Waals surface area contributed by atoms with Gasteiger partial charge in [0.25, 0.3) is 10.0 Å². The van der Waals surface area contributed by atoms with Gasteiger partial charge in [-0.1, -0.05) is 22.0 Å². The minimum Gasteiger partial charge on any atom is -0.482 e. The third-order valence-corrected chi connectivity index (χ3v) is 5.47. The molecule has 0 saturated carbocycles. The summed E-state index contributed by atoms with van der Waals surface area (Å²) in [6.07, 6.45) is 0. The highest BCUT2D eigenvalue weighted by Gasteiger charge is 2.16. The van der Waals surface area contributed by atoms with Crippen molar-refractivity contribution in [3.05, 3.63) is 52.0 Å². The molecule has 24 heavy (non-hydrogen) atoms. The summed E-state index contributed by atoms with van der Waals surface area (Å²) in [7, 11) is -3.76. The van der Waals surface area contributed by atoms with Gasteiger partial charge in [0.2, 0.25) is 0 Å². The van der Waals surface area contributed by atoms with E-state index in [0.29, 0.717) is 17.0 Å². The largest absolute Gasteiger partial charge is 0.482 e. The van der Waals surface area contributed by atoms with Gasteiger partial charge in [-0.05, 0) is 55.3 Å². The average Bonchev–Trinajstić information content (AvgIpc) is 2.49. The number of nitrogens with one attached hydrogen (secondary N) is 1. The monoisotopic (exact) mass is 413 g/mol. The van der Waals surface area contributed by atoms with Gasteiger partial charge in [0.1, 0.15) is 5.75 Å². The zero-order valence-corrected chi connectivity index (χ0v) is 15.4. The number of carboxylic acid groups (broad SMARTS) is 1. The first-order valence-electron chi connectivity index (χ1n) is 6.93. The molecule has 0 aromatic heterocycles. The third-order valence-electron chi connectivity index (χ3n) is 3.23. The van der Waals surface area contributed by atoms with E-state index >= 15 is 0 Å². The number of hydrogen-bond donors (Lipinski definition) is 2. The number of hydrogen-bond acceptors (Lipinski definition) is 4. The molecular weight excluding hydrogens is 398 g/mol. The quantitative estimate of drug-likeness (QED) is 0.757. The summed E-state index contributed by atoms with van der Waals surface area (Å²) in [6.45, 7) is 3.07. The molecule has 0 atom stereocenters. The number of rotatable bonds is 6. The highest BCUT2D eigenvalue weighted by Crippen LogP contribution is 2.25. The Morgan fingerprint density at radius 1 is 1.17 bits per heavy atom. The smallest absolute Gasteiger partial charge is 0.341 e. The maximum atomic E-state index is 12.5. The van der Waals surface area contributed by atoms with Crippen molar-refractivity contribution in [2.24, 2.45) is 0 Å². The molecule has 0 aliphatic carbocycles. The second-order valence-electron chi connectivity index (χ2n) is 5.18. The molecule has 2 aromatic rings. The topological polar surface area (TPSA) is 92.7 Å². The minimum atomic E-state index is -3.76. The Labute approximate surface area is 148 Å². The summed E-state index contributed by atoms with van der Waals surface area (Å²) in [5.41, 5.74) is 1.97. The van der Waals surface area contributed by atoms with Crippen LogP contribution in [0.3, 0.4) is 0 Å². The molecule has 0 unspecified atom stereocenters. The van der Waals surface area contributed by atoms with Gasteiger partial charge >= 0.3 is 5.97 Å². The average molecular weight is 414 g/mol. The highest BCUT2D eigenvalue weighted by molar-refractivity contribution is 9.10. The van der Waals surface area contributed by atoms with E-state index in [-0.39, 0.29) is 4.90 Å². The van der Waals surface area contributed by atoms with Crippen LogP contribution in [0.15, 0.2) is 45.8 Å². The van der Waals surface area contributed by atoms with E-state index in [1.807, 2.05) is 6.92 Å². The maximum absolute atomic E-state index is 12.5. The number of carboxylic acids is 1. The zero-order chi connectivity index (χ0) is 17.9. The van der Waals surface area contributed by atoms with Crippen molar-refractivity contribution >= 4 is 37.6 Å². The highest BCUT2D eigenvalue weighted by atomic mass is 79.9. The van der Waals surface area contributed by atoms with Gasteiger partial charge in [0, 0.05) is 10.2 Å². The van der Waals surface area contributed by atoms with Crippen LogP contribution in [0, 0.1) is 13.8 Å². The van der Waals surface area contributed by atoms with E-state index in [0.717, 1.165) is 10.0 Å². The van der Waals surface area contributed by atoms with Crippen LogP contribution < -0.4 is 9.46 Å². The van der Waals surface area contributed by atoms with Crippen LogP contribution in [0.5, 0.6) is 5.75 Å². The fraction of sp³-hybridized carbons (Fsp3) is 0.188. The molecule has 8 heteroatoms. The van der Waals surface area contributed by atoms with Crippen LogP contribution in [0.1, 0.15) is 11.1 Å². The summed E-state index contributed by atoms with van der Waals surface area (Å²) < 4.78 is 33.3. The van der Waals surface area contributed by atoms with Crippen molar-refractivity contribution in [1.29, 1.82) is 0 Å². The number of anilines is 1. The number of carbonyl (C=O) groups is 1. The predicted octanol–water partition coefficient (Wildman–Crippen LogP) is 3.33. The van der Waals surface area contributed by atoms with E-state index in [1.165, 1.54) is 18.2 Å². The van der Waals surface area contributed by atoms with E-state index in [2.05, 4.69) is 20.7 Å². The molecule has 0 aliphatic rings. The Morgan fingerprint density at radius 3 is 2.46 bits per heavy atom. The molecule has 0 spiro atoms. The van der Waals surface area contributed by atoms with Crippen molar-refractivity contribution < 1.29 is 23.1 Å². The van der Waals surface area contributed by atoms with Gasteiger partial charge in [0.05, 0.1) is 4.90 Å². The summed E-state index contributed by atoms with van der Waals surface area (Å²) >= 11 is 3.36. The van der Waals surface area contributed by atoms with Crippen molar-refractivity contribution in [3.63, 3.8) is 0 Å². The van der Waals surface area contributed by atoms with Crippen LogP contribution in [-0.4, -0.2) is 26.1 Å². The molecular formula is C16H16BrNO5S. The molecule has 2 rings (SSSR count). The van der Waals surface area contributed by atoms with Crippen molar-refractivity contribution in [3.8, 4) is 5.75 Å². The van der Waals surface area contributed by atoms with Crippen molar-refractivity contribution in [2.45, 2.75) is 18.7 Å². The van der Waals surface area contributed by atoms with E-state index in [1.54, 1.807) is 25.1 Å². The van der Waals surface area contributed by atoms with Gasteiger partial charge in [-0.3, -0.25) is 4.72 Å². The molecule has 0 aliphatic heterocycles. The first-order valence-corrected chi connectivity index (χ1v) is 9.21. The second kappa shape index (κ2) is 7.23. The molecule has 0 bridgehead atoms. The van der Waals surface area contributed by atoms with Crippen molar-refractivity contribution in [2.75, 3.05) is 11.3 Å². The van der Waals surface area contributed by atoms with Crippen LogP contribution in [0.2, 0.25) is 0 Å². The molecule has 0 radical (unpaired) electrons. The van der Waals surface area contributed by atoms with Gasteiger partial charge in [0.15, 0.2) is 6.61 Å². The molecule has 2 N–H and O–H groups in total. The lowest BCUT2D eigenvalue weighted by Gasteiger charge is -2.12. The summed E-state index contributed by atoms with van der Waals surface area (Å²) in [4.78, 5) is 10.6. The SMILES string of the molecule is Cc1ccc(NS(=O)(=O)c2ccc(OCC(=O)O)c(C)c2)cc1Br. The van der Waals surface area contributed by atoms with Gasteiger partial charge in [-0.2, -0.15) is 0 Å². The van der Waals surface area contributed by atoms with E-state index < -0.39 is 22.6 Å². The normalized spacial score (nSPS) is 11.1. The number of sulfonamides is 1. The molecule has 0 amide bonds. The van der Waals surface area contributed by atoms with Crippen LogP contribution >= 0.6 is 15.9 Å². The van der Waals surface area contributed by atoms with Gasteiger partial charge < -0.3 is 9.84 Å². The number of benzene rings is 2. The fourth-order valence-electron chi connectivity index (χ4n) is 1.96. The third kappa shape index (κ3) is 4.48. The zero-order valence-electron chi connectivity index (χ0n) is 13.0. The molecule has 2 aromatic carbocycles. The Hall–Kier alpha value is -2.06. The second-order valence-corrected chi connectivity index (χ2v) is 7.72. The van der Waals surface area contributed by atoms with Crippen LogP contribution in [0.25, 0.3) is 0 Å². The van der Waals surface area contributed by atoms with Crippen LogP contribution in [-0.2, 0) is 14.8 Å². The van der Waals surface area contributed by atoms with Crippen molar-refractivity contribution in [1.82, 2.24) is 0 Å². The molecule has 0 saturated heterocycles. The molecule has 128 valence electrons. The maximum Gasteiger partial charge on any atom is 0.341 e. The Morgan fingerprint density at radius 2 is 1.88 bits per heavy atom. The summed E-state index contributed by atoms with van der Waals surface area (Å²) in [5, 5.41) is 8.62. The lowest BCUT2D eigenvalue weighted by molar-refractivity contribution is -0.139. The standard InChI is InChI=1S/C16H16BrNO5S/c1-10-3-4-12(8-14(10)17)18-24(21,22)13-5-6-15(11(2)7-13)23-9-16(19)20/h3-8,18H,9H2,1-2H3,(H,19,20). The Bertz CT molecular complexity index is 880. The molecule has 6 nitrogen and oxygen atoms in total. The first-order chi connectivity index (χ1) is 11.2. The lowest BCUT2D eigenvalue weighted by atomic mass is 10.2. The number of halogens is 1. The van der Waals surface area contributed by atoms with Gasteiger partial charge in [-0.15, -0.1) is 0 Å². The predicted molar refractivity (Wildman–Crippen MR) is 94.0 cm³/mol. The number of aryl methyl sites for hydroxylation is 2. The lowest BCUT2D eigenvalue weighted by Crippen LogP contribution is -2.14. The van der Waals surface area contributed by atoms with Gasteiger partial charge in [-0.25, -0.2) is 13.2 Å². The van der Waals surface area contributed by atoms with Crippen LogP contribution in [0.4, 0.5) is 5.69 Å². The number of ether oxygens (including phenoxy) is 1. The van der Waals surface area contributed by atoms with E-state index in [4.69, 9.17) is 9.84 Å².